The molecule has 0 N–H and O–H groups in total. The van der Waals surface area contributed by atoms with Crippen molar-refractivity contribution >= 4 is 11.9 Å². The summed E-state index contributed by atoms with van der Waals surface area (Å²) < 4.78 is 9.56. The molecule has 0 rings (SSSR count). The molecule has 0 aliphatic rings. The molecule has 0 aliphatic carbocycles. The first-order chi connectivity index (χ1) is 7.10. The molecule has 0 heterocycles. The Hall–Kier alpha value is -1.06. The molecule has 0 amide bonds. The average molecular weight is 216 g/mol. The number of rotatable bonds is 7. The van der Waals surface area contributed by atoms with Crippen molar-refractivity contribution in [2.24, 2.45) is 0 Å². The van der Waals surface area contributed by atoms with Crippen molar-refractivity contribution in [1.29, 1.82) is 0 Å². The van der Waals surface area contributed by atoms with E-state index in [4.69, 9.17) is 4.74 Å². The average Bonchev–Trinajstić information content (AvgIpc) is 2.23. The lowest BCUT2D eigenvalue weighted by molar-refractivity contribution is -0.149. The molecule has 0 spiro atoms. The summed E-state index contributed by atoms with van der Waals surface area (Å²) >= 11 is 0. The molecule has 0 aromatic heterocycles. The molecule has 0 bridgehead atoms. The third kappa shape index (κ3) is 7.97. The van der Waals surface area contributed by atoms with Crippen molar-refractivity contribution in [3.63, 3.8) is 0 Å². The van der Waals surface area contributed by atoms with Gasteiger partial charge >= 0.3 is 11.9 Å². The van der Waals surface area contributed by atoms with Crippen molar-refractivity contribution in [2.75, 3.05) is 7.11 Å². The summed E-state index contributed by atoms with van der Waals surface area (Å²) in [6, 6.07) is 0. The maximum absolute atomic E-state index is 11.2. The van der Waals surface area contributed by atoms with Crippen molar-refractivity contribution in [3.05, 3.63) is 0 Å². The number of carbonyl (C=O) groups is 2. The van der Waals surface area contributed by atoms with Gasteiger partial charge in [-0.2, -0.15) is 0 Å². The van der Waals surface area contributed by atoms with E-state index < -0.39 is 0 Å². The van der Waals surface area contributed by atoms with Crippen LogP contribution < -0.4 is 0 Å². The monoisotopic (exact) mass is 216 g/mol. The second-order valence-electron chi connectivity index (χ2n) is 3.49. The summed E-state index contributed by atoms with van der Waals surface area (Å²) in [5.74, 6) is -0.417. The zero-order valence-electron chi connectivity index (χ0n) is 9.75. The second-order valence-corrected chi connectivity index (χ2v) is 3.49. The second kappa shape index (κ2) is 8.26. The summed E-state index contributed by atoms with van der Waals surface area (Å²) in [6.07, 6.45) is 2.90. The van der Waals surface area contributed by atoms with Crippen molar-refractivity contribution < 1.29 is 19.1 Å². The summed E-state index contributed by atoms with van der Waals surface area (Å²) in [5.41, 5.74) is 0. The van der Waals surface area contributed by atoms with Crippen LogP contribution in [0.4, 0.5) is 0 Å². The molecule has 15 heavy (non-hydrogen) atoms. The van der Waals surface area contributed by atoms with E-state index in [1.807, 2.05) is 13.8 Å². The SMILES string of the molecule is CCC(C)OC(=O)CCCCC(=O)OC. The standard InChI is InChI=1S/C11H20O4/c1-4-9(2)15-11(13)8-6-5-7-10(12)14-3/h9H,4-8H2,1-3H3. The Morgan fingerprint density at radius 3 is 2.13 bits per heavy atom. The van der Waals surface area contributed by atoms with Gasteiger partial charge in [-0.3, -0.25) is 9.59 Å². The van der Waals surface area contributed by atoms with Gasteiger partial charge in [0.25, 0.3) is 0 Å². The Labute approximate surface area is 90.9 Å². The lowest BCUT2D eigenvalue weighted by atomic mass is 10.2. The molecular weight excluding hydrogens is 196 g/mol. The molecule has 0 aliphatic heterocycles. The van der Waals surface area contributed by atoms with Crippen LogP contribution in [0.5, 0.6) is 0 Å². The van der Waals surface area contributed by atoms with Crippen molar-refractivity contribution in [3.8, 4) is 0 Å². The molecule has 4 nitrogen and oxygen atoms in total. The molecule has 0 saturated carbocycles. The highest BCUT2D eigenvalue weighted by Gasteiger charge is 2.07. The number of unbranched alkanes of at least 4 members (excludes halogenated alkanes) is 1. The largest absolute Gasteiger partial charge is 0.469 e. The maximum atomic E-state index is 11.2. The van der Waals surface area contributed by atoms with Gasteiger partial charge in [0.2, 0.25) is 0 Å². The molecule has 0 saturated heterocycles. The summed E-state index contributed by atoms with van der Waals surface area (Å²) in [7, 11) is 1.36. The number of hydrogen-bond acceptors (Lipinski definition) is 4. The number of esters is 2. The van der Waals surface area contributed by atoms with Crippen LogP contribution in [0, 0.1) is 0 Å². The topological polar surface area (TPSA) is 52.6 Å². The Bertz CT molecular complexity index is 201. The fraction of sp³-hybridized carbons (Fsp3) is 0.818. The zero-order chi connectivity index (χ0) is 11.7. The minimum absolute atomic E-state index is 0.0156. The van der Waals surface area contributed by atoms with Gasteiger partial charge in [0.05, 0.1) is 13.2 Å². The van der Waals surface area contributed by atoms with Gasteiger partial charge in [-0.15, -0.1) is 0 Å². The van der Waals surface area contributed by atoms with Gasteiger partial charge < -0.3 is 9.47 Å². The number of carbonyl (C=O) groups excluding carboxylic acids is 2. The predicted octanol–water partition coefficient (Wildman–Crippen LogP) is 2.06. The molecule has 1 atom stereocenters. The highest BCUT2D eigenvalue weighted by Crippen LogP contribution is 2.05. The molecular formula is C11H20O4. The third-order valence-corrected chi connectivity index (χ3v) is 2.15. The van der Waals surface area contributed by atoms with E-state index in [0.717, 1.165) is 6.42 Å². The Balaban J connectivity index is 3.43. The first-order valence-electron chi connectivity index (χ1n) is 5.36. The fourth-order valence-electron chi connectivity index (χ4n) is 1.01. The van der Waals surface area contributed by atoms with Crippen LogP contribution in [-0.4, -0.2) is 25.2 Å². The Morgan fingerprint density at radius 1 is 1.13 bits per heavy atom. The van der Waals surface area contributed by atoms with Crippen molar-refractivity contribution in [2.45, 2.75) is 52.1 Å². The van der Waals surface area contributed by atoms with Crippen LogP contribution >= 0.6 is 0 Å². The van der Waals surface area contributed by atoms with Crippen LogP contribution in [0.2, 0.25) is 0 Å². The van der Waals surface area contributed by atoms with Gasteiger partial charge in [-0.1, -0.05) is 6.92 Å². The van der Waals surface area contributed by atoms with Gasteiger partial charge in [0, 0.05) is 12.8 Å². The van der Waals surface area contributed by atoms with Crippen LogP contribution in [0.25, 0.3) is 0 Å². The molecule has 0 aromatic rings. The highest BCUT2D eigenvalue weighted by molar-refractivity contribution is 5.70. The molecule has 1 unspecified atom stereocenters. The van der Waals surface area contributed by atoms with Crippen LogP contribution in [0.15, 0.2) is 0 Å². The van der Waals surface area contributed by atoms with E-state index in [1.54, 1.807) is 0 Å². The normalized spacial score (nSPS) is 11.9. The van der Waals surface area contributed by atoms with E-state index in [-0.39, 0.29) is 18.0 Å². The van der Waals surface area contributed by atoms with Crippen LogP contribution in [0.3, 0.4) is 0 Å². The van der Waals surface area contributed by atoms with E-state index in [9.17, 15) is 9.59 Å². The van der Waals surface area contributed by atoms with Gasteiger partial charge in [-0.05, 0) is 26.2 Å². The molecule has 4 heteroatoms. The van der Waals surface area contributed by atoms with Gasteiger partial charge in [0.1, 0.15) is 0 Å². The lowest BCUT2D eigenvalue weighted by Gasteiger charge is -2.10. The zero-order valence-corrected chi connectivity index (χ0v) is 9.75. The number of ether oxygens (including phenoxy) is 2. The number of methoxy groups -OCH3 is 1. The number of hydrogen-bond donors (Lipinski definition) is 0. The van der Waals surface area contributed by atoms with Crippen molar-refractivity contribution in [1.82, 2.24) is 0 Å². The molecule has 0 radical (unpaired) electrons. The minimum atomic E-state index is -0.231. The molecule has 88 valence electrons. The van der Waals surface area contributed by atoms with Crippen LogP contribution in [0.1, 0.15) is 46.0 Å². The highest BCUT2D eigenvalue weighted by atomic mass is 16.5. The van der Waals surface area contributed by atoms with Gasteiger partial charge in [0.15, 0.2) is 0 Å². The summed E-state index contributed by atoms with van der Waals surface area (Å²) in [5, 5.41) is 0. The summed E-state index contributed by atoms with van der Waals surface area (Å²) in [6.45, 7) is 3.83. The Kier molecular flexibility index (Phi) is 7.68. The van der Waals surface area contributed by atoms with Crippen LogP contribution in [-0.2, 0) is 19.1 Å². The smallest absolute Gasteiger partial charge is 0.306 e. The molecule has 0 fully saturated rings. The first kappa shape index (κ1) is 13.9. The lowest BCUT2D eigenvalue weighted by Crippen LogP contribution is -2.13. The quantitative estimate of drug-likeness (QED) is 0.483. The summed E-state index contributed by atoms with van der Waals surface area (Å²) in [4.78, 5) is 21.9. The maximum Gasteiger partial charge on any atom is 0.306 e. The van der Waals surface area contributed by atoms with E-state index in [2.05, 4.69) is 4.74 Å². The van der Waals surface area contributed by atoms with E-state index >= 15 is 0 Å². The Morgan fingerprint density at radius 2 is 1.67 bits per heavy atom. The predicted molar refractivity (Wildman–Crippen MR) is 56.3 cm³/mol. The molecule has 0 aromatic carbocycles. The minimum Gasteiger partial charge on any atom is -0.469 e. The first-order valence-corrected chi connectivity index (χ1v) is 5.36. The van der Waals surface area contributed by atoms with E-state index in [1.165, 1.54) is 7.11 Å². The third-order valence-electron chi connectivity index (χ3n) is 2.15. The fourth-order valence-corrected chi connectivity index (χ4v) is 1.01. The van der Waals surface area contributed by atoms with E-state index in [0.29, 0.717) is 25.7 Å². The van der Waals surface area contributed by atoms with Gasteiger partial charge in [-0.25, -0.2) is 0 Å².